The zero-order chi connectivity index (χ0) is 22.0. The van der Waals surface area contributed by atoms with E-state index in [0.29, 0.717) is 18.0 Å². The zero-order valence-corrected chi connectivity index (χ0v) is 16.6. The van der Waals surface area contributed by atoms with Crippen LogP contribution >= 0.6 is 0 Å². The molecular weight excluding hydrogens is 382 g/mol. The van der Waals surface area contributed by atoms with Crippen LogP contribution in [0, 0.1) is 5.92 Å². The summed E-state index contributed by atoms with van der Waals surface area (Å²) in [6.45, 7) is 5.65. The van der Waals surface area contributed by atoms with Crippen molar-refractivity contribution in [3.05, 3.63) is 65.0 Å². The van der Waals surface area contributed by atoms with Crippen molar-refractivity contribution in [3.63, 3.8) is 0 Å². The van der Waals surface area contributed by atoms with Gasteiger partial charge in [0.15, 0.2) is 0 Å². The number of nitrogens with zero attached hydrogens (tertiary/aromatic N) is 1. The van der Waals surface area contributed by atoms with E-state index in [1.165, 1.54) is 12.1 Å². The zero-order valence-electron chi connectivity index (χ0n) is 16.6. The third kappa shape index (κ3) is 8.78. The molecule has 158 valence electrons. The minimum atomic E-state index is -2.49. The number of halogens is 2. The molecule has 1 aromatic carbocycles. The van der Waals surface area contributed by atoms with Crippen LogP contribution in [0.5, 0.6) is 0 Å². The summed E-state index contributed by atoms with van der Waals surface area (Å²) in [5.74, 6) is -0.607. The Morgan fingerprint density at radius 1 is 1.03 bits per heavy atom. The summed E-state index contributed by atoms with van der Waals surface area (Å²) < 4.78 is 23.8. The Balaban J connectivity index is 0.000000326. The number of hydrogen-bond donors (Lipinski definition) is 3. The van der Waals surface area contributed by atoms with E-state index in [4.69, 9.17) is 10.2 Å². The van der Waals surface area contributed by atoms with Crippen LogP contribution in [0.1, 0.15) is 66.8 Å². The molecular formula is C21H26F2N2O4. The highest BCUT2D eigenvalue weighted by Crippen LogP contribution is 2.17. The normalized spacial score (nSPS) is 11.6. The number of carboxylic acids is 1. The molecule has 0 aliphatic heterocycles. The monoisotopic (exact) mass is 408 g/mol. The molecule has 1 atom stereocenters. The second-order valence-electron chi connectivity index (χ2n) is 6.86. The van der Waals surface area contributed by atoms with Gasteiger partial charge in [-0.2, -0.15) is 0 Å². The molecule has 0 bridgehead atoms. The van der Waals surface area contributed by atoms with E-state index in [0.717, 1.165) is 11.8 Å². The highest BCUT2D eigenvalue weighted by molar-refractivity contribution is 5.87. The van der Waals surface area contributed by atoms with Crippen LogP contribution in [0.4, 0.5) is 8.78 Å². The number of aliphatic hydroxyl groups is 1. The molecule has 2 rings (SSSR count). The Hall–Kier alpha value is -2.87. The summed E-state index contributed by atoms with van der Waals surface area (Å²) in [6.07, 6.45) is -0.927. The summed E-state index contributed by atoms with van der Waals surface area (Å²) in [6, 6.07) is 9.06. The quantitative estimate of drug-likeness (QED) is 0.640. The molecule has 0 fully saturated rings. The average Bonchev–Trinajstić information content (AvgIpc) is 2.67. The van der Waals surface area contributed by atoms with E-state index < -0.39 is 12.4 Å². The predicted molar refractivity (Wildman–Crippen MR) is 105 cm³/mol. The number of aliphatic hydroxyl groups excluding tert-OH is 1. The van der Waals surface area contributed by atoms with Gasteiger partial charge >= 0.3 is 5.97 Å². The summed E-state index contributed by atoms with van der Waals surface area (Å²) in [4.78, 5) is 25.9. The number of pyridine rings is 1. The van der Waals surface area contributed by atoms with E-state index in [2.05, 4.69) is 10.3 Å². The second-order valence-corrected chi connectivity index (χ2v) is 6.86. The predicted octanol–water partition coefficient (Wildman–Crippen LogP) is 4.12. The molecule has 6 nitrogen and oxygen atoms in total. The van der Waals surface area contributed by atoms with Crippen molar-refractivity contribution < 1.29 is 28.6 Å². The van der Waals surface area contributed by atoms with E-state index in [1.807, 2.05) is 20.8 Å². The molecule has 1 unspecified atom stereocenters. The fourth-order valence-electron chi connectivity index (χ4n) is 2.33. The maximum absolute atomic E-state index is 11.9. The highest BCUT2D eigenvalue weighted by atomic mass is 19.3. The lowest BCUT2D eigenvalue weighted by molar-refractivity contribution is -0.122. The smallest absolute Gasteiger partial charge is 0.335 e. The van der Waals surface area contributed by atoms with Gasteiger partial charge in [-0.25, -0.2) is 13.6 Å². The minimum Gasteiger partial charge on any atom is -0.478 e. The van der Waals surface area contributed by atoms with Gasteiger partial charge in [-0.1, -0.05) is 26.0 Å². The molecule has 2 aromatic rings. The number of carbonyl (C=O) groups is 2. The number of carboxylic acid groups (broad SMARTS) is 1. The van der Waals surface area contributed by atoms with E-state index in [1.54, 1.807) is 24.3 Å². The van der Waals surface area contributed by atoms with Crippen molar-refractivity contribution in [2.45, 2.75) is 46.3 Å². The van der Waals surface area contributed by atoms with Crippen LogP contribution in [0.25, 0.3) is 0 Å². The molecule has 1 heterocycles. The number of carbonyl (C=O) groups excluding carboxylic acids is 1. The summed E-state index contributed by atoms with van der Waals surface area (Å²) in [5, 5.41) is 20.2. The van der Waals surface area contributed by atoms with Crippen LogP contribution in [-0.2, 0) is 11.4 Å². The number of hydrogen-bond acceptors (Lipinski definition) is 4. The number of rotatable bonds is 7. The SMILES string of the molecule is CC(C)CC(=O)NC(C)c1ccc(C(=O)O)cc1.OCc1ccc(C(F)F)cn1. The molecule has 0 saturated heterocycles. The molecule has 8 heteroatoms. The number of aromatic carboxylic acids is 1. The van der Waals surface area contributed by atoms with Crippen LogP contribution in [0.2, 0.25) is 0 Å². The molecule has 0 radical (unpaired) electrons. The van der Waals surface area contributed by atoms with Gasteiger partial charge in [0.05, 0.1) is 23.9 Å². The van der Waals surface area contributed by atoms with Gasteiger partial charge in [0, 0.05) is 18.2 Å². The molecule has 0 spiro atoms. The molecule has 0 aliphatic rings. The molecule has 0 saturated carbocycles. The second kappa shape index (κ2) is 11.9. The van der Waals surface area contributed by atoms with E-state index >= 15 is 0 Å². The van der Waals surface area contributed by atoms with Crippen molar-refractivity contribution in [2.75, 3.05) is 0 Å². The molecule has 1 aromatic heterocycles. The number of alkyl halides is 2. The highest BCUT2D eigenvalue weighted by Gasteiger charge is 2.11. The molecule has 29 heavy (non-hydrogen) atoms. The van der Waals surface area contributed by atoms with Gasteiger partial charge in [-0.05, 0) is 42.7 Å². The van der Waals surface area contributed by atoms with Gasteiger partial charge in [-0.15, -0.1) is 0 Å². The third-order valence-electron chi connectivity index (χ3n) is 3.89. The number of benzene rings is 1. The molecule has 1 amide bonds. The lowest BCUT2D eigenvalue weighted by Crippen LogP contribution is -2.27. The van der Waals surface area contributed by atoms with Gasteiger partial charge in [0.2, 0.25) is 5.91 Å². The summed E-state index contributed by atoms with van der Waals surface area (Å²) >= 11 is 0. The Kier molecular flexibility index (Phi) is 9.88. The first-order valence-electron chi connectivity index (χ1n) is 9.10. The van der Waals surface area contributed by atoms with E-state index in [9.17, 15) is 18.4 Å². The Morgan fingerprint density at radius 2 is 1.62 bits per heavy atom. The van der Waals surface area contributed by atoms with E-state index in [-0.39, 0.29) is 29.7 Å². The maximum Gasteiger partial charge on any atom is 0.335 e. The largest absolute Gasteiger partial charge is 0.478 e. The fraction of sp³-hybridized carbons (Fsp3) is 0.381. The average molecular weight is 408 g/mol. The number of aromatic nitrogens is 1. The Bertz CT molecular complexity index is 778. The summed E-state index contributed by atoms with van der Waals surface area (Å²) in [5.41, 5.74) is 1.42. The molecule has 3 N–H and O–H groups in total. The van der Waals surface area contributed by atoms with Gasteiger partial charge in [-0.3, -0.25) is 9.78 Å². The topological polar surface area (TPSA) is 99.5 Å². The summed E-state index contributed by atoms with van der Waals surface area (Å²) in [7, 11) is 0. The maximum atomic E-state index is 11.9. The Morgan fingerprint density at radius 3 is 2.03 bits per heavy atom. The third-order valence-corrected chi connectivity index (χ3v) is 3.89. The van der Waals surface area contributed by atoms with Crippen molar-refractivity contribution in [1.29, 1.82) is 0 Å². The fourth-order valence-corrected chi connectivity index (χ4v) is 2.33. The van der Waals surface area contributed by atoms with Gasteiger partial charge in [0.1, 0.15) is 0 Å². The number of amides is 1. The van der Waals surface area contributed by atoms with Crippen molar-refractivity contribution in [3.8, 4) is 0 Å². The standard InChI is InChI=1S/C14H19NO3.C7H7F2NO/c1-9(2)8-13(16)15-10(3)11-4-6-12(7-5-11)14(17)18;8-7(9)5-1-2-6(4-11)10-3-5/h4-7,9-10H,8H2,1-3H3,(H,15,16)(H,17,18);1-3,7,11H,4H2. The first kappa shape index (κ1) is 24.2. The first-order chi connectivity index (χ1) is 13.6. The van der Waals surface area contributed by atoms with Crippen LogP contribution in [-0.4, -0.2) is 27.1 Å². The van der Waals surface area contributed by atoms with Crippen molar-refractivity contribution >= 4 is 11.9 Å². The van der Waals surface area contributed by atoms with Crippen molar-refractivity contribution in [2.24, 2.45) is 5.92 Å². The lowest BCUT2D eigenvalue weighted by atomic mass is 10.1. The van der Waals surface area contributed by atoms with Crippen LogP contribution in [0.15, 0.2) is 42.6 Å². The molecule has 0 aliphatic carbocycles. The van der Waals surface area contributed by atoms with Crippen LogP contribution < -0.4 is 5.32 Å². The van der Waals surface area contributed by atoms with Gasteiger partial charge < -0.3 is 15.5 Å². The number of nitrogens with one attached hydrogen (secondary N) is 1. The van der Waals surface area contributed by atoms with Crippen molar-refractivity contribution in [1.82, 2.24) is 10.3 Å². The van der Waals surface area contributed by atoms with Crippen LogP contribution in [0.3, 0.4) is 0 Å². The van der Waals surface area contributed by atoms with Gasteiger partial charge in [0.25, 0.3) is 6.43 Å². The minimum absolute atomic E-state index is 0.0137. The first-order valence-corrected chi connectivity index (χ1v) is 9.10. The lowest BCUT2D eigenvalue weighted by Gasteiger charge is -2.15. The Labute approximate surface area is 168 Å².